The van der Waals surface area contributed by atoms with Crippen molar-refractivity contribution in [3.63, 3.8) is 0 Å². The Morgan fingerprint density at radius 2 is 1.96 bits per heavy atom. The summed E-state index contributed by atoms with van der Waals surface area (Å²) >= 11 is 0. The number of nitrogens with zero attached hydrogens (tertiary/aromatic N) is 3. The van der Waals surface area contributed by atoms with Gasteiger partial charge in [0, 0.05) is 25.1 Å². The molecule has 0 aliphatic rings. The Bertz CT molecular complexity index is 773. The van der Waals surface area contributed by atoms with Gasteiger partial charge in [0.2, 0.25) is 0 Å². The summed E-state index contributed by atoms with van der Waals surface area (Å²) in [5.74, 6) is -0.287. The fourth-order valence-electron chi connectivity index (χ4n) is 2.40. The fourth-order valence-corrected chi connectivity index (χ4v) is 2.40. The standard InChI is InChI=1S/C17H24N6O2/c1-3-12(19)11(9-24)8-20-16-15(17(25)21-10(2)18)22-13-6-4-5-7-14(13)23-16/h4-7,11-12,24H,3,8-9,19H2,1-2H3,(H,20,23)(H2,18,21,25). The number of carbonyl (C=O) groups excluding carboxylic acids is 1. The molecule has 1 aromatic heterocycles. The zero-order valence-electron chi connectivity index (χ0n) is 14.4. The third-order valence-electron chi connectivity index (χ3n) is 3.89. The van der Waals surface area contributed by atoms with E-state index in [0.717, 1.165) is 6.42 Å². The van der Waals surface area contributed by atoms with Gasteiger partial charge >= 0.3 is 5.91 Å². The van der Waals surface area contributed by atoms with Crippen LogP contribution in [0.15, 0.2) is 29.3 Å². The highest BCUT2D eigenvalue weighted by Gasteiger charge is 2.19. The van der Waals surface area contributed by atoms with E-state index >= 15 is 0 Å². The number of aliphatic hydroxyl groups excluding tert-OH is 1. The van der Waals surface area contributed by atoms with E-state index in [0.29, 0.717) is 23.4 Å². The van der Waals surface area contributed by atoms with E-state index < -0.39 is 5.91 Å². The normalized spacial score (nSPS) is 14.3. The summed E-state index contributed by atoms with van der Waals surface area (Å²) in [6, 6.07) is 7.08. The Hall–Kier alpha value is -2.58. The van der Waals surface area contributed by atoms with Gasteiger partial charge in [-0.25, -0.2) is 9.97 Å². The molecule has 8 heteroatoms. The topological polar surface area (TPSA) is 140 Å². The summed E-state index contributed by atoms with van der Waals surface area (Å²) in [5.41, 5.74) is 12.8. The number of rotatable bonds is 7. The molecular formula is C17H24N6O2. The van der Waals surface area contributed by atoms with E-state index in [4.69, 9.17) is 11.5 Å². The molecule has 0 radical (unpaired) electrons. The monoisotopic (exact) mass is 344 g/mol. The molecule has 0 bridgehead atoms. The molecule has 1 aromatic carbocycles. The van der Waals surface area contributed by atoms with Crippen LogP contribution in [-0.4, -0.2) is 46.0 Å². The molecule has 2 atom stereocenters. The molecule has 0 saturated carbocycles. The second kappa shape index (κ2) is 8.50. The van der Waals surface area contributed by atoms with Gasteiger partial charge in [-0.3, -0.25) is 4.79 Å². The summed E-state index contributed by atoms with van der Waals surface area (Å²) in [6.45, 7) is 3.79. The number of fused-ring (bicyclic) bond motifs is 1. The summed E-state index contributed by atoms with van der Waals surface area (Å²) < 4.78 is 0. The van der Waals surface area contributed by atoms with E-state index in [9.17, 15) is 9.90 Å². The first-order valence-corrected chi connectivity index (χ1v) is 8.18. The number of benzene rings is 1. The highest BCUT2D eigenvalue weighted by Crippen LogP contribution is 2.19. The number of aliphatic imine (C=N–C) groups is 1. The van der Waals surface area contributed by atoms with Crippen LogP contribution in [0, 0.1) is 5.92 Å². The molecule has 0 fully saturated rings. The fraction of sp³-hybridized carbons (Fsp3) is 0.412. The maximum atomic E-state index is 12.3. The number of hydrogen-bond donors (Lipinski definition) is 4. The first-order chi connectivity index (χ1) is 12.0. The second-order valence-electron chi connectivity index (χ2n) is 5.86. The van der Waals surface area contributed by atoms with Crippen molar-refractivity contribution in [1.82, 2.24) is 9.97 Å². The number of nitrogens with one attached hydrogen (secondary N) is 1. The first kappa shape index (κ1) is 18.8. The Labute approximate surface area is 146 Å². The van der Waals surface area contributed by atoms with E-state index in [2.05, 4.69) is 20.3 Å². The molecule has 134 valence electrons. The average molecular weight is 344 g/mol. The zero-order chi connectivity index (χ0) is 18.4. The van der Waals surface area contributed by atoms with Crippen LogP contribution >= 0.6 is 0 Å². The zero-order valence-corrected chi connectivity index (χ0v) is 14.4. The van der Waals surface area contributed by atoms with Crippen LogP contribution < -0.4 is 16.8 Å². The van der Waals surface area contributed by atoms with E-state index in [1.165, 1.54) is 6.92 Å². The van der Waals surface area contributed by atoms with E-state index in [1.807, 2.05) is 19.1 Å². The number of aliphatic hydroxyl groups is 1. The van der Waals surface area contributed by atoms with Crippen LogP contribution in [0.4, 0.5) is 5.82 Å². The van der Waals surface area contributed by atoms with E-state index in [-0.39, 0.29) is 30.1 Å². The SMILES string of the molecule is CCC(N)C(CO)CNc1nc2ccccc2nc1C(=O)N=C(C)N. The lowest BCUT2D eigenvalue weighted by molar-refractivity contribution is 0.0999. The molecule has 1 heterocycles. The van der Waals surface area contributed by atoms with Gasteiger partial charge in [0.25, 0.3) is 0 Å². The average Bonchev–Trinajstić information content (AvgIpc) is 2.60. The van der Waals surface area contributed by atoms with Crippen molar-refractivity contribution in [2.45, 2.75) is 26.3 Å². The lowest BCUT2D eigenvalue weighted by Gasteiger charge is -2.21. The summed E-state index contributed by atoms with van der Waals surface area (Å²) in [7, 11) is 0. The lowest BCUT2D eigenvalue weighted by atomic mass is 9.99. The molecule has 25 heavy (non-hydrogen) atoms. The van der Waals surface area contributed by atoms with Gasteiger partial charge in [-0.15, -0.1) is 0 Å². The molecule has 0 saturated heterocycles. The minimum atomic E-state index is -0.568. The third kappa shape index (κ3) is 4.71. The van der Waals surface area contributed by atoms with E-state index in [1.54, 1.807) is 12.1 Å². The molecule has 1 amide bonds. The van der Waals surface area contributed by atoms with Gasteiger partial charge in [-0.05, 0) is 25.5 Å². The van der Waals surface area contributed by atoms with Gasteiger partial charge in [0.15, 0.2) is 11.5 Å². The molecule has 2 unspecified atom stereocenters. The molecule has 2 aromatic rings. The molecule has 0 aliphatic heterocycles. The van der Waals surface area contributed by atoms with Gasteiger partial charge in [-0.2, -0.15) is 4.99 Å². The number of carbonyl (C=O) groups is 1. The van der Waals surface area contributed by atoms with Crippen molar-refractivity contribution in [3.8, 4) is 0 Å². The summed E-state index contributed by atoms with van der Waals surface area (Å²) in [6.07, 6.45) is 0.735. The van der Waals surface area contributed by atoms with Gasteiger partial charge < -0.3 is 21.9 Å². The molecular weight excluding hydrogens is 320 g/mol. The minimum Gasteiger partial charge on any atom is -0.396 e. The van der Waals surface area contributed by atoms with Crippen LogP contribution in [0.25, 0.3) is 11.0 Å². The maximum absolute atomic E-state index is 12.3. The third-order valence-corrected chi connectivity index (χ3v) is 3.89. The minimum absolute atomic E-state index is 0.0631. The lowest BCUT2D eigenvalue weighted by Crippen LogP contribution is -2.36. The van der Waals surface area contributed by atoms with Crippen LogP contribution in [0.1, 0.15) is 30.8 Å². The smallest absolute Gasteiger partial charge is 0.301 e. The Morgan fingerprint density at radius 3 is 2.52 bits per heavy atom. The first-order valence-electron chi connectivity index (χ1n) is 8.18. The largest absolute Gasteiger partial charge is 0.396 e. The van der Waals surface area contributed by atoms with Crippen molar-refractivity contribution in [1.29, 1.82) is 0 Å². The van der Waals surface area contributed by atoms with Crippen LogP contribution in [0.5, 0.6) is 0 Å². The quantitative estimate of drug-likeness (QED) is 0.432. The number of amides is 1. The highest BCUT2D eigenvalue weighted by atomic mass is 16.3. The van der Waals surface area contributed by atoms with Gasteiger partial charge in [-0.1, -0.05) is 19.1 Å². The number of para-hydroxylation sites is 2. The van der Waals surface area contributed by atoms with Gasteiger partial charge in [0.1, 0.15) is 5.84 Å². The predicted octanol–water partition coefficient (Wildman–Crippen LogP) is 0.905. The number of hydrogen-bond acceptors (Lipinski definition) is 6. The number of nitrogens with two attached hydrogens (primary N) is 2. The van der Waals surface area contributed by atoms with Crippen molar-refractivity contribution < 1.29 is 9.90 Å². The second-order valence-corrected chi connectivity index (χ2v) is 5.86. The number of aromatic nitrogens is 2. The Balaban J connectivity index is 2.38. The van der Waals surface area contributed by atoms with Crippen molar-refractivity contribution in [2.75, 3.05) is 18.5 Å². The molecule has 0 aliphatic carbocycles. The van der Waals surface area contributed by atoms with Crippen molar-refractivity contribution >= 4 is 28.6 Å². The molecule has 8 nitrogen and oxygen atoms in total. The van der Waals surface area contributed by atoms with Crippen LogP contribution in [0.2, 0.25) is 0 Å². The van der Waals surface area contributed by atoms with Crippen LogP contribution in [0.3, 0.4) is 0 Å². The molecule has 0 spiro atoms. The summed E-state index contributed by atoms with van der Waals surface area (Å²) in [4.78, 5) is 24.9. The Morgan fingerprint density at radius 1 is 1.32 bits per heavy atom. The van der Waals surface area contributed by atoms with Crippen molar-refractivity contribution in [2.24, 2.45) is 22.4 Å². The number of anilines is 1. The van der Waals surface area contributed by atoms with Gasteiger partial charge in [0.05, 0.1) is 11.0 Å². The van der Waals surface area contributed by atoms with Crippen molar-refractivity contribution in [3.05, 3.63) is 30.0 Å². The number of amidine groups is 1. The summed E-state index contributed by atoms with van der Waals surface area (Å²) in [5, 5.41) is 12.6. The Kier molecular flexibility index (Phi) is 6.37. The predicted molar refractivity (Wildman–Crippen MR) is 98.5 cm³/mol. The highest BCUT2D eigenvalue weighted by molar-refractivity contribution is 6.04. The molecule has 6 N–H and O–H groups in total. The van der Waals surface area contributed by atoms with Crippen LogP contribution in [-0.2, 0) is 0 Å². The molecule has 2 rings (SSSR count). The maximum Gasteiger partial charge on any atom is 0.301 e.